The van der Waals surface area contributed by atoms with Gasteiger partial charge in [0, 0.05) is 18.3 Å². The molecule has 2 unspecified atom stereocenters. The Bertz CT molecular complexity index is 401. The predicted octanol–water partition coefficient (Wildman–Crippen LogP) is 2.20. The molecule has 1 aromatic rings. The molecule has 112 valence electrons. The molecule has 1 aliphatic rings. The number of likely N-dealkylation sites (N-methyl/N-ethyl adjacent to an activating group) is 1. The van der Waals surface area contributed by atoms with Gasteiger partial charge in [0.25, 0.3) is 0 Å². The van der Waals surface area contributed by atoms with Crippen molar-refractivity contribution in [3.63, 3.8) is 0 Å². The summed E-state index contributed by atoms with van der Waals surface area (Å²) >= 11 is 0. The topological polar surface area (TPSA) is 44.7 Å². The monoisotopic (exact) mass is 278 g/mol. The van der Waals surface area contributed by atoms with Gasteiger partial charge in [-0.2, -0.15) is 0 Å². The number of aliphatic hydroxyl groups excluding tert-OH is 1. The van der Waals surface area contributed by atoms with E-state index in [1.165, 1.54) is 12.8 Å². The predicted molar refractivity (Wildman–Crippen MR) is 82.3 cm³/mol. The summed E-state index contributed by atoms with van der Waals surface area (Å²) in [4.78, 5) is 1.94. The normalized spacial score (nSPS) is 17.9. The van der Waals surface area contributed by atoms with Crippen molar-refractivity contribution < 1.29 is 9.84 Å². The average molecular weight is 278 g/mol. The fourth-order valence-corrected chi connectivity index (χ4v) is 2.29. The number of hydrogen-bond acceptors (Lipinski definition) is 4. The van der Waals surface area contributed by atoms with Crippen LogP contribution < -0.4 is 10.1 Å². The van der Waals surface area contributed by atoms with Crippen LogP contribution in [0.4, 0.5) is 5.69 Å². The molecule has 0 amide bonds. The lowest BCUT2D eigenvalue weighted by Gasteiger charge is -2.17. The van der Waals surface area contributed by atoms with Gasteiger partial charge in [0.1, 0.15) is 18.5 Å². The first-order chi connectivity index (χ1) is 9.54. The van der Waals surface area contributed by atoms with E-state index in [4.69, 9.17) is 4.74 Å². The molecule has 0 bridgehead atoms. The van der Waals surface area contributed by atoms with E-state index in [9.17, 15) is 5.11 Å². The number of nitrogens with zero attached hydrogens (tertiary/aromatic N) is 1. The second kappa shape index (κ2) is 6.95. The van der Waals surface area contributed by atoms with Crippen molar-refractivity contribution in [1.29, 1.82) is 0 Å². The maximum Gasteiger partial charge on any atom is 0.119 e. The number of anilines is 1. The van der Waals surface area contributed by atoms with Crippen LogP contribution in [0.3, 0.4) is 0 Å². The number of nitrogens with one attached hydrogen (secondary N) is 1. The highest BCUT2D eigenvalue weighted by Gasteiger charge is 2.27. The molecule has 1 aliphatic carbocycles. The van der Waals surface area contributed by atoms with Crippen LogP contribution in [0.5, 0.6) is 5.75 Å². The van der Waals surface area contributed by atoms with Gasteiger partial charge in [0.15, 0.2) is 0 Å². The molecule has 4 nitrogen and oxygen atoms in total. The van der Waals surface area contributed by atoms with Crippen molar-refractivity contribution in [2.45, 2.75) is 31.9 Å². The SMILES string of the molecule is CC(Nc1ccc(OCC(O)CN(C)C)cc1)C1CC1. The smallest absolute Gasteiger partial charge is 0.119 e. The molecule has 0 radical (unpaired) electrons. The molecule has 0 saturated heterocycles. The molecule has 0 aromatic heterocycles. The molecule has 4 heteroatoms. The Morgan fingerprint density at radius 1 is 1.30 bits per heavy atom. The molecular weight excluding hydrogens is 252 g/mol. The van der Waals surface area contributed by atoms with Crippen LogP contribution in [0.15, 0.2) is 24.3 Å². The molecule has 0 heterocycles. The Hall–Kier alpha value is -1.26. The summed E-state index contributed by atoms with van der Waals surface area (Å²) in [6.07, 6.45) is 2.23. The van der Waals surface area contributed by atoms with E-state index in [-0.39, 0.29) is 0 Å². The van der Waals surface area contributed by atoms with E-state index in [1.54, 1.807) is 0 Å². The Balaban J connectivity index is 1.76. The molecule has 20 heavy (non-hydrogen) atoms. The summed E-state index contributed by atoms with van der Waals surface area (Å²) in [6, 6.07) is 8.51. The summed E-state index contributed by atoms with van der Waals surface area (Å²) in [5, 5.41) is 13.3. The third kappa shape index (κ3) is 5.02. The number of rotatable bonds is 8. The van der Waals surface area contributed by atoms with E-state index in [1.807, 2.05) is 43.3 Å². The number of hydrogen-bond donors (Lipinski definition) is 2. The van der Waals surface area contributed by atoms with Gasteiger partial charge in [0.2, 0.25) is 0 Å². The van der Waals surface area contributed by atoms with Gasteiger partial charge >= 0.3 is 0 Å². The summed E-state index contributed by atoms with van der Waals surface area (Å²) in [7, 11) is 3.87. The Morgan fingerprint density at radius 3 is 2.50 bits per heavy atom. The van der Waals surface area contributed by atoms with Crippen molar-refractivity contribution in [2.75, 3.05) is 32.6 Å². The molecule has 0 spiro atoms. The average Bonchev–Trinajstić information content (AvgIpc) is 3.21. The van der Waals surface area contributed by atoms with Crippen LogP contribution in [-0.2, 0) is 0 Å². The Labute approximate surface area is 121 Å². The summed E-state index contributed by atoms with van der Waals surface area (Å²) in [5.74, 6) is 1.64. The van der Waals surface area contributed by atoms with Gasteiger partial charge in [-0.1, -0.05) is 0 Å². The zero-order chi connectivity index (χ0) is 14.5. The summed E-state index contributed by atoms with van der Waals surface area (Å²) < 4.78 is 5.58. The minimum Gasteiger partial charge on any atom is -0.491 e. The third-order valence-corrected chi connectivity index (χ3v) is 3.60. The second-order valence-electron chi connectivity index (χ2n) is 6.02. The van der Waals surface area contributed by atoms with E-state index < -0.39 is 6.10 Å². The van der Waals surface area contributed by atoms with Gasteiger partial charge < -0.3 is 20.1 Å². The van der Waals surface area contributed by atoms with Gasteiger partial charge in [0.05, 0.1) is 0 Å². The Kier molecular flexibility index (Phi) is 5.26. The van der Waals surface area contributed by atoms with Crippen LogP contribution >= 0.6 is 0 Å². The van der Waals surface area contributed by atoms with E-state index in [0.29, 0.717) is 19.2 Å². The molecular formula is C16H26N2O2. The number of benzene rings is 1. The van der Waals surface area contributed by atoms with Crippen molar-refractivity contribution in [3.8, 4) is 5.75 Å². The molecule has 1 aromatic carbocycles. The molecule has 1 saturated carbocycles. The van der Waals surface area contributed by atoms with Gasteiger partial charge in [-0.05, 0) is 64.0 Å². The zero-order valence-electron chi connectivity index (χ0n) is 12.7. The van der Waals surface area contributed by atoms with Crippen molar-refractivity contribution >= 4 is 5.69 Å². The highest BCUT2D eigenvalue weighted by molar-refractivity contribution is 5.47. The highest BCUT2D eigenvalue weighted by atomic mass is 16.5. The fraction of sp³-hybridized carbons (Fsp3) is 0.625. The maximum absolute atomic E-state index is 9.74. The standard InChI is InChI=1S/C16H26N2O2/c1-12(13-4-5-13)17-14-6-8-16(9-7-14)20-11-15(19)10-18(2)3/h6-9,12-13,15,17,19H,4-5,10-11H2,1-3H3. The fourth-order valence-electron chi connectivity index (χ4n) is 2.29. The van der Waals surface area contributed by atoms with Crippen LogP contribution in [-0.4, -0.2) is 49.4 Å². The zero-order valence-corrected chi connectivity index (χ0v) is 12.7. The largest absolute Gasteiger partial charge is 0.491 e. The highest BCUT2D eigenvalue weighted by Crippen LogP contribution is 2.34. The van der Waals surface area contributed by atoms with Gasteiger partial charge in [-0.25, -0.2) is 0 Å². The minimum absolute atomic E-state index is 0.323. The first-order valence-corrected chi connectivity index (χ1v) is 7.37. The van der Waals surface area contributed by atoms with Crippen molar-refractivity contribution in [3.05, 3.63) is 24.3 Å². The molecule has 2 N–H and O–H groups in total. The lowest BCUT2D eigenvalue weighted by atomic mass is 10.2. The van der Waals surface area contributed by atoms with Crippen LogP contribution in [0.1, 0.15) is 19.8 Å². The number of aliphatic hydroxyl groups is 1. The minimum atomic E-state index is -0.460. The van der Waals surface area contributed by atoms with Gasteiger partial charge in [-0.3, -0.25) is 0 Å². The van der Waals surface area contributed by atoms with Gasteiger partial charge in [-0.15, -0.1) is 0 Å². The Morgan fingerprint density at radius 2 is 1.95 bits per heavy atom. The number of ether oxygens (including phenoxy) is 1. The summed E-state index contributed by atoms with van der Waals surface area (Å²) in [5.41, 5.74) is 1.13. The third-order valence-electron chi connectivity index (χ3n) is 3.60. The quantitative estimate of drug-likeness (QED) is 0.765. The molecule has 1 fully saturated rings. The molecule has 0 aliphatic heterocycles. The second-order valence-corrected chi connectivity index (χ2v) is 6.02. The molecule has 2 rings (SSSR count). The van der Waals surface area contributed by atoms with Crippen LogP contribution in [0, 0.1) is 5.92 Å². The van der Waals surface area contributed by atoms with E-state index in [2.05, 4.69) is 12.2 Å². The lowest BCUT2D eigenvalue weighted by Crippen LogP contribution is -2.30. The summed E-state index contributed by atoms with van der Waals surface area (Å²) in [6.45, 7) is 3.17. The molecule has 2 atom stereocenters. The first-order valence-electron chi connectivity index (χ1n) is 7.37. The van der Waals surface area contributed by atoms with Crippen molar-refractivity contribution in [1.82, 2.24) is 4.90 Å². The lowest BCUT2D eigenvalue weighted by molar-refractivity contribution is 0.0831. The van der Waals surface area contributed by atoms with Crippen LogP contribution in [0.2, 0.25) is 0 Å². The van der Waals surface area contributed by atoms with E-state index >= 15 is 0 Å². The van der Waals surface area contributed by atoms with Crippen LogP contribution in [0.25, 0.3) is 0 Å². The maximum atomic E-state index is 9.74. The van der Waals surface area contributed by atoms with Crippen molar-refractivity contribution in [2.24, 2.45) is 5.92 Å². The van der Waals surface area contributed by atoms with E-state index in [0.717, 1.165) is 17.4 Å². The first kappa shape index (κ1) is 15.1.